The molecule has 156 valence electrons. The molecule has 0 aromatic heterocycles. The maximum absolute atomic E-state index is 12.4. The van der Waals surface area contributed by atoms with E-state index >= 15 is 0 Å². The Bertz CT molecular complexity index is 825. The van der Waals surface area contributed by atoms with Gasteiger partial charge in [-0.05, 0) is 59.1 Å². The van der Waals surface area contributed by atoms with Crippen molar-refractivity contribution in [2.45, 2.75) is 59.1 Å². The van der Waals surface area contributed by atoms with Gasteiger partial charge in [0.1, 0.15) is 17.2 Å². The van der Waals surface area contributed by atoms with Crippen LogP contribution in [0.4, 0.5) is 10.5 Å². The molecule has 1 aliphatic heterocycles. The fourth-order valence-corrected chi connectivity index (χ4v) is 3.05. The number of piperidine rings is 1. The smallest absolute Gasteiger partial charge is 0.410 e. The molecule has 1 aliphatic rings. The van der Waals surface area contributed by atoms with Crippen molar-refractivity contribution in [1.29, 1.82) is 5.26 Å². The van der Waals surface area contributed by atoms with Crippen molar-refractivity contribution in [3.05, 3.63) is 41.1 Å². The van der Waals surface area contributed by atoms with Gasteiger partial charge >= 0.3 is 6.09 Å². The average molecular weight is 399 g/mol. The normalized spacial score (nSPS) is 15.4. The van der Waals surface area contributed by atoms with Crippen LogP contribution in [0, 0.1) is 25.2 Å². The van der Waals surface area contributed by atoms with Crippen LogP contribution in [0.3, 0.4) is 0 Å². The molecule has 2 rings (SSSR count). The second-order valence-corrected chi connectivity index (χ2v) is 8.35. The minimum Gasteiger partial charge on any atom is -0.444 e. The van der Waals surface area contributed by atoms with E-state index in [-0.39, 0.29) is 17.7 Å². The van der Waals surface area contributed by atoms with Gasteiger partial charge in [-0.25, -0.2) is 4.79 Å². The molecule has 1 aromatic carbocycles. The van der Waals surface area contributed by atoms with E-state index in [9.17, 15) is 14.9 Å². The number of rotatable bonds is 4. The lowest BCUT2D eigenvalue weighted by Gasteiger charge is -2.33. The van der Waals surface area contributed by atoms with Crippen molar-refractivity contribution < 1.29 is 14.3 Å². The number of hydrogen-bond donors (Lipinski definition) is 2. The Morgan fingerprint density at radius 2 is 1.90 bits per heavy atom. The van der Waals surface area contributed by atoms with E-state index in [4.69, 9.17) is 4.74 Å². The highest BCUT2D eigenvalue weighted by Crippen LogP contribution is 2.18. The molecular formula is C22H30N4O3. The van der Waals surface area contributed by atoms with Crippen molar-refractivity contribution in [3.63, 3.8) is 0 Å². The Morgan fingerprint density at radius 3 is 2.45 bits per heavy atom. The molecule has 1 aromatic rings. The van der Waals surface area contributed by atoms with E-state index in [0.29, 0.717) is 31.6 Å². The van der Waals surface area contributed by atoms with Crippen molar-refractivity contribution in [2.24, 2.45) is 0 Å². The van der Waals surface area contributed by atoms with Crippen molar-refractivity contribution in [3.8, 4) is 6.07 Å². The molecule has 0 saturated carbocycles. The van der Waals surface area contributed by atoms with Gasteiger partial charge in [0, 0.05) is 31.0 Å². The Labute approximate surface area is 172 Å². The fraction of sp³-hybridized carbons (Fsp3) is 0.500. The van der Waals surface area contributed by atoms with Gasteiger partial charge in [0.05, 0.1) is 0 Å². The highest BCUT2D eigenvalue weighted by molar-refractivity contribution is 6.06. The number of anilines is 1. The van der Waals surface area contributed by atoms with Crippen LogP contribution in [0.5, 0.6) is 0 Å². The van der Waals surface area contributed by atoms with Crippen LogP contribution in [0.2, 0.25) is 0 Å². The molecule has 0 bridgehead atoms. The Morgan fingerprint density at radius 1 is 1.24 bits per heavy atom. The molecule has 2 N–H and O–H groups in total. The van der Waals surface area contributed by atoms with Gasteiger partial charge in [-0.3, -0.25) is 4.79 Å². The van der Waals surface area contributed by atoms with Gasteiger partial charge in [0.25, 0.3) is 5.91 Å². The number of amides is 2. The van der Waals surface area contributed by atoms with E-state index < -0.39 is 11.5 Å². The van der Waals surface area contributed by atoms with Gasteiger partial charge in [0.2, 0.25) is 0 Å². The van der Waals surface area contributed by atoms with Crippen LogP contribution in [0.25, 0.3) is 0 Å². The van der Waals surface area contributed by atoms with Crippen molar-refractivity contribution in [1.82, 2.24) is 10.2 Å². The van der Waals surface area contributed by atoms with E-state index in [0.717, 1.165) is 11.1 Å². The monoisotopic (exact) mass is 398 g/mol. The molecule has 7 heteroatoms. The summed E-state index contributed by atoms with van der Waals surface area (Å²) in [6, 6.07) is 7.75. The van der Waals surface area contributed by atoms with Gasteiger partial charge < -0.3 is 20.3 Å². The lowest BCUT2D eigenvalue weighted by Crippen LogP contribution is -2.45. The van der Waals surface area contributed by atoms with E-state index in [1.54, 1.807) is 4.90 Å². The molecule has 0 spiro atoms. The number of nitrogens with zero attached hydrogens (tertiary/aromatic N) is 2. The first kappa shape index (κ1) is 22.3. The lowest BCUT2D eigenvalue weighted by atomic mass is 10.1. The fourth-order valence-electron chi connectivity index (χ4n) is 3.05. The third-order valence-corrected chi connectivity index (χ3v) is 4.61. The summed E-state index contributed by atoms with van der Waals surface area (Å²) in [4.78, 5) is 26.2. The number of carbonyl (C=O) groups excluding carboxylic acids is 2. The van der Waals surface area contributed by atoms with Gasteiger partial charge in [-0.1, -0.05) is 17.7 Å². The third-order valence-electron chi connectivity index (χ3n) is 4.61. The van der Waals surface area contributed by atoms with Crippen LogP contribution < -0.4 is 10.6 Å². The molecule has 7 nitrogen and oxygen atoms in total. The van der Waals surface area contributed by atoms with Crippen LogP contribution in [0.1, 0.15) is 44.7 Å². The lowest BCUT2D eigenvalue weighted by molar-refractivity contribution is -0.112. The largest absolute Gasteiger partial charge is 0.444 e. The van der Waals surface area contributed by atoms with Crippen LogP contribution in [-0.2, 0) is 9.53 Å². The Hall–Kier alpha value is -3.01. The summed E-state index contributed by atoms with van der Waals surface area (Å²) in [7, 11) is 0. The number of ether oxygens (including phenoxy) is 1. The van der Waals surface area contributed by atoms with Crippen LogP contribution in [-0.4, -0.2) is 41.6 Å². The predicted molar refractivity (Wildman–Crippen MR) is 112 cm³/mol. The summed E-state index contributed by atoms with van der Waals surface area (Å²) in [5.74, 6) is -0.446. The molecular weight excluding hydrogens is 368 g/mol. The van der Waals surface area contributed by atoms with Crippen LogP contribution >= 0.6 is 0 Å². The summed E-state index contributed by atoms with van der Waals surface area (Å²) in [5.41, 5.74) is 2.24. The highest BCUT2D eigenvalue weighted by Gasteiger charge is 2.26. The summed E-state index contributed by atoms with van der Waals surface area (Å²) in [6.45, 7) is 10.6. The number of nitrogens with one attached hydrogen (secondary N) is 2. The number of benzene rings is 1. The summed E-state index contributed by atoms with van der Waals surface area (Å²) in [5, 5.41) is 15.3. The summed E-state index contributed by atoms with van der Waals surface area (Å²) < 4.78 is 5.39. The zero-order valence-corrected chi connectivity index (χ0v) is 17.8. The average Bonchev–Trinajstić information content (AvgIpc) is 2.63. The van der Waals surface area contributed by atoms with E-state index in [2.05, 4.69) is 10.6 Å². The topological polar surface area (TPSA) is 94.5 Å². The maximum atomic E-state index is 12.4. The predicted octanol–water partition coefficient (Wildman–Crippen LogP) is 3.64. The quantitative estimate of drug-likeness (QED) is 0.596. The third kappa shape index (κ3) is 6.83. The van der Waals surface area contributed by atoms with E-state index in [1.165, 1.54) is 6.20 Å². The maximum Gasteiger partial charge on any atom is 0.410 e. The number of hydrogen-bond acceptors (Lipinski definition) is 5. The minimum absolute atomic E-state index is 0.0135. The first-order valence-corrected chi connectivity index (χ1v) is 9.82. The summed E-state index contributed by atoms with van der Waals surface area (Å²) in [6.07, 6.45) is 2.59. The molecule has 1 saturated heterocycles. The number of carbonyl (C=O) groups is 2. The molecule has 29 heavy (non-hydrogen) atoms. The van der Waals surface area contributed by atoms with Gasteiger partial charge in [-0.2, -0.15) is 5.26 Å². The van der Waals surface area contributed by atoms with Gasteiger partial charge in [-0.15, -0.1) is 0 Å². The standard InChI is InChI=1S/C22H30N4O3/c1-15-6-7-19(16(2)12-15)25-20(27)17(13-23)14-24-18-8-10-26(11-9-18)21(28)29-22(3,4)5/h6-7,12,14,18,24H,8-11H2,1-5H3,(H,25,27)/b17-14-. The Kier molecular flexibility index (Phi) is 7.27. The molecule has 0 unspecified atom stereocenters. The first-order chi connectivity index (χ1) is 13.6. The van der Waals surface area contributed by atoms with Gasteiger partial charge in [0.15, 0.2) is 0 Å². The second-order valence-electron chi connectivity index (χ2n) is 8.35. The number of nitriles is 1. The Balaban J connectivity index is 1.89. The minimum atomic E-state index is -0.514. The number of aryl methyl sites for hydroxylation is 2. The zero-order valence-electron chi connectivity index (χ0n) is 17.8. The number of likely N-dealkylation sites (tertiary alicyclic amines) is 1. The SMILES string of the molecule is Cc1ccc(NC(=O)/C(C#N)=C\NC2CCN(C(=O)OC(C)(C)C)CC2)c(C)c1. The van der Waals surface area contributed by atoms with Crippen molar-refractivity contribution >= 4 is 17.7 Å². The molecule has 1 heterocycles. The molecule has 2 amide bonds. The van der Waals surface area contributed by atoms with Crippen molar-refractivity contribution in [2.75, 3.05) is 18.4 Å². The second kappa shape index (κ2) is 9.46. The van der Waals surface area contributed by atoms with E-state index in [1.807, 2.05) is 58.9 Å². The molecule has 0 radical (unpaired) electrons. The van der Waals surface area contributed by atoms with Crippen LogP contribution in [0.15, 0.2) is 30.0 Å². The molecule has 0 aliphatic carbocycles. The highest BCUT2D eigenvalue weighted by atomic mass is 16.6. The molecule has 0 atom stereocenters. The summed E-state index contributed by atoms with van der Waals surface area (Å²) >= 11 is 0. The zero-order chi connectivity index (χ0) is 21.6. The molecule has 1 fully saturated rings. The first-order valence-electron chi connectivity index (χ1n) is 9.82.